The van der Waals surface area contributed by atoms with Gasteiger partial charge in [-0.25, -0.2) is 0 Å². The Balaban J connectivity index is 0. The van der Waals surface area contributed by atoms with Crippen LogP contribution in [0.25, 0.3) is 0 Å². The van der Waals surface area contributed by atoms with Gasteiger partial charge in [-0.2, -0.15) is 0 Å². The van der Waals surface area contributed by atoms with Gasteiger partial charge in [0.25, 0.3) is 5.97 Å². The summed E-state index contributed by atoms with van der Waals surface area (Å²) in [5, 5.41) is 7.42. The van der Waals surface area contributed by atoms with E-state index in [9.17, 15) is 0 Å². The first-order valence-electron chi connectivity index (χ1n) is 2.32. The molecule has 0 aromatic heterocycles. The lowest BCUT2D eigenvalue weighted by atomic mass is 10.8. The fourth-order valence-corrected chi connectivity index (χ4v) is 0.194. The highest BCUT2D eigenvalue weighted by Gasteiger charge is 1.65. The van der Waals surface area contributed by atoms with Crippen LogP contribution in [0.3, 0.4) is 0 Å². The van der Waals surface area contributed by atoms with E-state index in [4.69, 9.17) is 14.8 Å². The highest BCUT2D eigenvalue weighted by Crippen LogP contribution is 1.97. The van der Waals surface area contributed by atoms with Gasteiger partial charge in [0, 0.05) is 21.9 Å². The molecule has 54 valence electrons. The molecule has 1 unspecified atom stereocenters. The molecule has 0 aromatic rings. The summed E-state index contributed by atoms with van der Waals surface area (Å²) in [6.45, 7) is 4.48. The Kier molecular flexibility index (Phi) is 13.4. The van der Waals surface area contributed by atoms with Crippen molar-refractivity contribution >= 4 is 14.8 Å². The van der Waals surface area contributed by atoms with Crippen molar-refractivity contribution in [2.24, 2.45) is 0 Å². The van der Waals surface area contributed by atoms with Gasteiger partial charge < -0.3 is 10.00 Å². The normalized spacial score (nSPS) is 8.22. The second-order valence-corrected chi connectivity index (χ2v) is 1.89. The molecule has 0 radical (unpaired) electrons. The van der Waals surface area contributed by atoms with E-state index in [0.29, 0.717) is 0 Å². The Bertz CT molecular complexity index is 78.3. The van der Waals surface area contributed by atoms with Gasteiger partial charge >= 0.3 is 0 Å². The number of allylic oxidation sites excluding steroid dienone is 1. The van der Waals surface area contributed by atoms with Crippen LogP contribution in [0.1, 0.15) is 6.92 Å². The van der Waals surface area contributed by atoms with Crippen LogP contribution < -0.4 is 0 Å². The largest absolute Gasteiger partial charge is 0.481 e. The van der Waals surface area contributed by atoms with Crippen LogP contribution in [0.4, 0.5) is 0 Å². The van der Waals surface area contributed by atoms with Gasteiger partial charge in [-0.3, -0.25) is 4.79 Å². The molecular formula is C5H11O3P. The van der Waals surface area contributed by atoms with Crippen molar-refractivity contribution in [1.29, 1.82) is 0 Å². The molecule has 0 aliphatic heterocycles. The highest BCUT2D eigenvalue weighted by atomic mass is 31.1. The lowest BCUT2D eigenvalue weighted by molar-refractivity contribution is -0.134. The third-order valence-electron chi connectivity index (χ3n) is 0.236. The lowest BCUT2D eigenvalue weighted by Crippen LogP contribution is -1.78. The highest BCUT2D eigenvalue weighted by molar-refractivity contribution is 7.31. The van der Waals surface area contributed by atoms with Gasteiger partial charge in [0.1, 0.15) is 0 Å². The number of aliphatic carboxylic acids is 1. The van der Waals surface area contributed by atoms with Crippen LogP contribution in [0.15, 0.2) is 12.7 Å². The van der Waals surface area contributed by atoms with Crippen molar-refractivity contribution in [2.75, 3.05) is 6.16 Å². The van der Waals surface area contributed by atoms with Crippen molar-refractivity contribution in [3.8, 4) is 0 Å². The van der Waals surface area contributed by atoms with E-state index in [2.05, 4.69) is 6.58 Å². The van der Waals surface area contributed by atoms with Crippen LogP contribution in [0.5, 0.6) is 0 Å². The topological polar surface area (TPSA) is 57.5 Å². The molecule has 0 bridgehead atoms. The minimum atomic E-state index is -0.833. The summed E-state index contributed by atoms with van der Waals surface area (Å²) >= 11 is 0. The van der Waals surface area contributed by atoms with Gasteiger partial charge in [-0.05, 0) is 0 Å². The summed E-state index contributed by atoms with van der Waals surface area (Å²) in [6, 6.07) is 0. The molecule has 0 fully saturated rings. The molecule has 1 atom stereocenters. The van der Waals surface area contributed by atoms with E-state index in [1.165, 1.54) is 0 Å². The Morgan fingerprint density at radius 3 is 2.22 bits per heavy atom. The second kappa shape index (κ2) is 10.6. The third kappa shape index (κ3) is 93.1. The maximum atomic E-state index is 9.00. The molecule has 0 aromatic carbocycles. The zero-order valence-electron chi connectivity index (χ0n) is 5.29. The monoisotopic (exact) mass is 150 g/mol. The summed E-state index contributed by atoms with van der Waals surface area (Å²) in [6.07, 6.45) is 2.43. The van der Waals surface area contributed by atoms with Crippen molar-refractivity contribution < 1.29 is 14.8 Å². The molecule has 0 rings (SSSR count). The summed E-state index contributed by atoms with van der Waals surface area (Å²) in [4.78, 5) is 17.0. The zero-order valence-corrected chi connectivity index (χ0v) is 6.29. The molecular weight excluding hydrogens is 139 g/mol. The molecule has 9 heavy (non-hydrogen) atoms. The molecule has 4 heteroatoms. The molecule has 0 aliphatic carbocycles. The van der Waals surface area contributed by atoms with Crippen molar-refractivity contribution in [3.05, 3.63) is 12.7 Å². The fourth-order valence-electron chi connectivity index (χ4n) is 0.0645. The number of carboxylic acid groups (broad SMARTS) is 1. The summed E-state index contributed by atoms with van der Waals surface area (Å²) in [5.41, 5.74) is 0. The summed E-state index contributed by atoms with van der Waals surface area (Å²) in [5.74, 6) is -0.833. The van der Waals surface area contributed by atoms with Gasteiger partial charge in [0.2, 0.25) is 0 Å². The quantitative estimate of drug-likeness (QED) is 0.453. The van der Waals surface area contributed by atoms with Crippen molar-refractivity contribution in [3.63, 3.8) is 0 Å². The van der Waals surface area contributed by atoms with Crippen LogP contribution in [-0.4, -0.2) is 22.1 Å². The van der Waals surface area contributed by atoms with E-state index in [0.717, 1.165) is 13.1 Å². The zero-order chi connectivity index (χ0) is 7.70. The van der Waals surface area contributed by atoms with E-state index in [1.807, 2.05) is 0 Å². The minimum absolute atomic E-state index is 0.0397. The Morgan fingerprint density at radius 2 is 2.22 bits per heavy atom. The first kappa shape index (κ1) is 11.4. The van der Waals surface area contributed by atoms with Gasteiger partial charge in [-0.1, -0.05) is 6.08 Å². The standard InChI is InChI=1S/C3H7OP.C2H4O2/c1-2-3-5-4;1-2(3)4/h2,4-5H,1,3H2;1H3,(H,3,4). The molecule has 3 nitrogen and oxygen atoms in total. The second-order valence-electron chi connectivity index (χ2n) is 1.17. The predicted octanol–water partition coefficient (Wildman–Crippen LogP) is 0.849. The van der Waals surface area contributed by atoms with E-state index in [-0.39, 0.29) is 8.81 Å². The molecule has 0 amide bonds. The third-order valence-corrected chi connectivity index (χ3v) is 0.707. The summed E-state index contributed by atoms with van der Waals surface area (Å²) in [7, 11) is 0.0397. The van der Waals surface area contributed by atoms with Crippen molar-refractivity contribution in [1.82, 2.24) is 0 Å². The molecule has 0 saturated heterocycles. The van der Waals surface area contributed by atoms with E-state index >= 15 is 0 Å². The summed E-state index contributed by atoms with van der Waals surface area (Å²) < 4.78 is 0. The smallest absolute Gasteiger partial charge is 0.300 e. The molecule has 0 aliphatic rings. The number of rotatable bonds is 2. The van der Waals surface area contributed by atoms with E-state index in [1.54, 1.807) is 6.08 Å². The van der Waals surface area contributed by atoms with Gasteiger partial charge in [-0.15, -0.1) is 6.58 Å². The van der Waals surface area contributed by atoms with Crippen LogP contribution in [0.2, 0.25) is 0 Å². The molecule has 0 saturated carbocycles. The Labute approximate surface area is 56.3 Å². The first-order valence-corrected chi connectivity index (χ1v) is 3.48. The first-order chi connectivity index (χ1) is 4.15. The minimum Gasteiger partial charge on any atom is -0.481 e. The Hall–Kier alpha value is -0.400. The number of carbonyl (C=O) groups is 1. The number of hydrogen-bond donors (Lipinski definition) is 2. The average molecular weight is 150 g/mol. The van der Waals surface area contributed by atoms with Crippen LogP contribution in [0, 0.1) is 0 Å². The fraction of sp³-hybridized carbons (Fsp3) is 0.400. The molecule has 2 N–H and O–H groups in total. The predicted molar refractivity (Wildman–Crippen MR) is 38.9 cm³/mol. The van der Waals surface area contributed by atoms with Gasteiger partial charge in [0.15, 0.2) is 0 Å². The lowest BCUT2D eigenvalue weighted by Gasteiger charge is -1.73. The van der Waals surface area contributed by atoms with Crippen LogP contribution >= 0.6 is 8.81 Å². The van der Waals surface area contributed by atoms with Crippen LogP contribution in [-0.2, 0) is 4.79 Å². The van der Waals surface area contributed by atoms with Gasteiger partial charge in [0.05, 0.1) is 0 Å². The maximum Gasteiger partial charge on any atom is 0.300 e. The molecule has 0 heterocycles. The SMILES string of the molecule is C=CCPO.CC(=O)O. The van der Waals surface area contributed by atoms with E-state index < -0.39 is 5.97 Å². The Morgan fingerprint density at radius 1 is 1.89 bits per heavy atom. The molecule has 0 spiro atoms. The maximum absolute atomic E-state index is 9.00. The number of carboxylic acids is 1. The number of hydrogen-bond acceptors (Lipinski definition) is 2. The van der Waals surface area contributed by atoms with Crippen molar-refractivity contribution in [2.45, 2.75) is 6.92 Å². The average Bonchev–Trinajstić information content (AvgIpc) is 1.66.